The largest absolute Gasteiger partial charge is 0.350 e. The minimum absolute atomic E-state index is 0.0223. The SMILES string of the molecule is CC(=O)Nc1ccc(S(=O)(=O)N2CCC(NC(=O)/C=C/c3ccc(F)c(Cl)c3)CC2)cc1. The molecule has 7 nitrogen and oxygen atoms in total. The third kappa shape index (κ3) is 6.15. The van der Waals surface area contributed by atoms with Crippen molar-refractivity contribution in [3.8, 4) is 0 Å². The van der Waals surface area contributed by atoms with Crippen molar-refractivity contribution in [1.29, 1.82) is 0 Å². The highest BCUT2D eigenvalue weighted by atomic mass is 35.5. The number of halogens is 2. The van der Waals surface area contributed by atoms with Crippen molar-refractivity contribution < 1.29 is 22.4 Å². The first-order valence-electron chi connectivity index (χ1n) is 9.96. The second-order valence-corrected chi connectivity index (χ2v) is 9.74. The number of piperidine rings is 1. The number of sulfonamides is 1. The number of carbonyl (C=O) groups excluding carboxylic acids is 2. The smallest absolute Gasteiger partial charge is 0.244 e. The van der Waals surface area contributed by atoms with E-state index in [4.69, 9.17) is 11.6 Å². The van der Waals surface area contributed by atoms with Crippen molar-refractivity contribution in [2.45, 2.75) is 30.7 Å². The molecule has 0 unspecified atom stereocenters. The summed E-state index contributed by atoms with van der Waals surface area (Å²) >= 11 is 5.73. The molecule has 1 heterocycles. The van der Waals surface area contributed by atoms with Crippen LogP contribution >= 0.6 is 11.6 Å². The molecule has 170 valence electrons. The molecular formula is C22H23ClFN3O4S. The molecule has 0 atom stereocenters. The van der Waals surface area contributed by atoms with Crippen LogP contribution in [-0.4, -0.2) is 43.7 Å². The van der Waals surface area contributed by atoms with Crippen LogP contribution in [0.25, 0.3) is 6.08 Å². The van der Waals surface area contributed by atoms with Crippen LogP contribution in [0.15, 0.2) is 53.4 Å². The normalized spacial score (nSPS) is 15.6. The molecule has 1 aliphatic rings. The summed E-state index contributed by atoms with van der Waals surface area (Å²) in [7, 11) is -3.66. The molecule has 3 rings (SSSR count). The van der Waals surface area contributed by atoms with Crippen LogP contribution in [0, 0.1) is 5.82 Å². The lowest BCUT2D eigenvalue weighted by Gasteiger charge is -2.31. The number of carbonyl (C=O) groups is 2. The standard InChI is InChI=1S/C22H23ClFN3O4S/c1-15(28)25-17-4-6-19(7-5-17)32(30,31)27-12-10-18(11-13-27)26-22(29)9-3-16-2-8-21(24)20(23)14-16/h2-9,14,18H,10-13H2,1H3,(H,25,28)(H,26,29)/b9-3+. The van der Waals surface area contributed by atoms with E-state index in [1.54, 1.807) is 12.1 Å². The molecule has 2 aromatic carbocycles. The minimum Gasteiger partial charge on any atom is -0.350 e. The number of rotatable bonds is 6. The van der Waals surface area contributed by atoms with Crippen molar-refractivity contribution >= 4 is 45.2 Å². The van der Waals surface area contributed by atoms with E-state index in [2.05, 4.69) is 10.6 Å². The van der Waals surface area contributed by atoms with Gasteiger partial charge in [0, 0.05) is 37.8 Å². The predicted octanol–water partition coefficient (Wildman–Crippen LogP) is 3.42. The summed E-state index contributed by atoms with van der Waals surface area (Å²) in [6.07, 6.45) is 3.82. The summed E-state index contributed by atoms with van der Waals surface area (Å²) in [4.78, 5) is 23.4. The van der Waals surface area contributed by atoms with Gasteiger partial charge < -0.3 is 10.6 Å². The Kier molecular flexibility index (Phi) is 7.65. The van der Waals surface area contributed by atoms with Gasteiger partial charge in [0.05, 0.1) is 9.92 Å². The highest BCUT2D eigenvalue weighted by Crippen LogP contribution is 2.22. The minimum atomic E-state index is -3.66. The maximum Gasteiger partial charge on any atom is 0.244 e. The van der Waals surface area contributed by atoms with Crippen molar-refractivity contribution in [3.05, 3.63) is 64.9 Å². The van der Waals surface area contributed by atoms with E-state index in [1.807, 2.05) is 0 Å². The van der Waals surface area contributed by atoms with Gasteiger partial charge in [-0.05, 0) is 60.9 Å². The van der Waals surface area contributed by atoms with Gasteiger partial charge in [0.2, 0.25) is 21.8 Å². The molecule has 0 aromatic heterocycles. The Morgan fingerprint density at radius 1 is 1.12 bits per heavy atom. The summed E-state index contributed by atoms with van der Waals surface area (Å²) in [5.41, 5.74) is 1.12. The number of amides is 2. The zero-order valence-corrected chi connectivity index (χ0v) is 18.9. The Morgan fingerprint density at radius 3 is 2.38 bits per heavy atom. The Balaban J connectivity index is 1.53. The maximum atomic E-state index is 13.2. The first kappa shape index (κ1) is 23.9. The van der Waals surface area contributed by atoms with Crippen LogP contribution in [-0.2, 0) is 19.6 Å². The fourth-order valence-corrected chi connectivity index (χ4v) is 5.00. The maximum absolute atomic E-state index is 13.2. The lowest BCUT2D eigenvalue weighted by molar-refractivity contribution is -0.117. The first-order valence-corrected chi connectivity index (χ1v) is 11.8. The third-order valence-electron chi connectivity index (χ3n) is 4.98. The van der Waals surface area contributed by atoms with E-state index < -0.39 is 15.8 Å². The fraction of sp³-hybridized carbons (Fsp3) is 0.273. The molecule has 1 aliphatic heterocycles. The average molecular weight is 480 g/mol. The first-order chi connectivity index (χ1) is 15.1. The van der Waals surface area contributed by atoms with Crippen LogP contribution in [0.2, 0.25) is 5.02 Å². The van der Waals surface area contributed by atoms with E-state index in [-0.39, 0.29) is 40.9 Å². The topological polar surface area (TPSA) is 95.6 Å². The number of hydrogen-bond acceptors (Lipinski definition) is 4. The molecule has 0 radical (unpaired) electrons. The second kappa shape index (κ2) is 10.2. The van der Waals surface area contributed by atoms with E-state index in [0.29, 0.717) is 24.1 Å². The average Bonchev–Trinajstić information content (AvgIpc) is 2.75. The number of nitrogens with one attached hydrogen (secondary N) is 2. The molecule has 2 aromatic rings. The molecule has 0 saturated carbocycles. The van der Waals surface area contributed by atoms with E-state index >= 15 is 0 Å². The van der Waals surface area contributed by atoms with Crippen molar-refractivity contribution in [3.63, 3.8) is 0 Å². The van der Waals surface area contributed by atoms with Crippen LogP contribution in [0.1, 0.15) is 25.3 Å². The van der Waals surface area contributed by atoms with E-state index in [9.17, 15) is 22.4 Å². The number of nitrogens with zero attached hydrogens (tertiary/aromatic N) is 1. The monoisotopic (exact) mass is 479 g/mol. The lowest BCUT2D eigenvalue weighted by atomic mass is 10.1. The van der Waals surface area contributed by atoms with Crippen molar-refractivity contribution in [2.24, 2.45) is 0 Å². The molecule has 32 heavy (non-hydrogen) atoms. The van der Waals surface area contributed by atoms with Gasteiger partial charge in [-0.1, -0.05) is 17.7 Å². The number of hydrogen-bond donors (Lipinski definition) is 2. The van der Waals surface area contributed by atoms with Crippen molar-refractivity contribution in [2.75, 3.05) is 18.4 Å². The van der Waals surface area contributed by atoms with Gasteiger partial charge in [-0.2, -0.15) is 4.31 Å². The zero-order valence-electron chi connectivity index (χ0n) is 17.3. The van der Waals surface area contributed by atoms with Gasteiger partial charge in [-0.3, -0.25) is 9.59 Å². The van der Waals surface area contributed by atoms with Gasteiger partial charge >= 0.3 is 0 Å². The molecule has 0 aliphatic carbocycles. The summed E-state index contributed by atoms with van der Waals surface area (Å²) in [5, 5.41) is 5.43. The highest BCUT2D eigenvalue weighted by molar-refractivity contribution is 7.89. The van der Waals surface area contributed by atoms with Crippen molar-refractivity contribution in [1.82, 2.24) is 9.62 Å². The molecule has 2 N–H and O–H groups in total. The molecule has 0 bridgehead atoms. The Bertz CT molecular complexity index is 1130. The van der Waals surface area contributed by atoms with Crippen LogP contribution in [0.4, 0.5) is 10.1 Å². The molecule has 1 saturated heterocycles. The lowest BCUT2D eigenvalue weighted by Crippen LogP contribution is -2.46. The van der Waals surface area contributed by atoms with E-state index in [1.165, 1.54) is 53.7 Å². The van der Waals surface area contributed by atoms with Crippen LogP contribution < -0.4 is 10.6 Å². The molecular weight excluding hydrogens is 457 g/mol. The fourth-order valence-electron chi connectivity index (χ4n) is 3.34. The molecule has 2 amide bonds. The van der Waals surface area contributed by atoms with Crippen LogP contribution in [0.3, 0.4) is 0 Å². The Hall–Kier alpha value is -2.75. The van der Waals surface area contributed by atoms with E-state index in [0.717, 1.165) is 0 Å². The quantitative estimate of drug-likeness (QED) is 0.620. The number of benzene rings is 2. The summed E-state index contributed by atoms with van der Waals surface area (Å²) < 4.78 is 40.3. The summed E-state index contributed by atoms with van der Waals surface area (Å²) in [6.45, 7) is 1.93. The predicted molar refractivity (Wildman–Crippen MR) is 121 cm³/mol. The summed E-state index contributed by atoms with van der Waals surface area (Å²) in [6, 6.07) is 10.0. The van der Waals surface area contributed by atoms with Crippen LogP contribution in [0.5, 0.6) is 0 Å². The van der Waals surface area contributed by atoms with Gasteiger partial charge in [-0.15, -0.1) is 0 Å². The second-order valence-electron chi connectivity index (χ2n) is 7.40. The zero-order chi connectivity index (χ0) is 23.3. The van der Waals surface area contributed by atoms with Gasteiger partial charge in [0.15, 0.2) is 0 Å². The molecule has 10 heteroatoms. The molecule has 1 fully saturated rings. The van der Waals surface area contributed by atoms with Gasteiger partial charge in [0.25, 0.3) is 0 Å². The number of anilines is 1. The Morgan fingerprint density at radius 2 is 1.78 bits per heavy atom. The van der Waals surface area contributed by atoms with Gasteiger partial charge in [0.1, 0.15) is 5.82 Å². The third-order valence-corrected chi connectivity index (χ3v) is 7.19. The van der Waals surface area contributed by atoms with Gasteiger partial charge in [-0.25, -0.2) is 12.8 Å². The highest BCUT2D eigenvalue weighted by Gasteiger charge is 2.29. The molecule has 0 spiro atoms. The Labute approximate surface area is 191 Å². The summed E-state index contributed by atoms with van der Waals surface area (Å²) in [5.74, 6) is -1.08.